The van der Waals surface area contributed by atoms with Gasteiger partial charge in [0.1, 0.15) is 5.82 Å². The van der Waals surface area contributed by atoms with Crippen molar-refractivity contribution in [2.24, 2.45) is 0 Å². The summed E-state index contributed by atoms with van der Waals surface area (Å²) in [6.07, 6.45) is 0. The Morgan fingerprint density at radius 3 is 2.83 bits per heavy atom. The van der Waals surface area contributed by atoms with Crippen LogP contribution in [0.25, 0.3) is 10.1 Å². The third-order valence-corrected chi connectivity index (χ3v) is 3.32. The van der Waals surface area contributed by atoms with Crippen molar-refractivity contribution in [2.75, 3.05) is 0 Å². The van der Waals surface area contributed by atoms with Gasteiger partial charge >= 0.3 is 0 Å². The van der Waals surface area contributed by atoms with Gasteiger partial charge in [0.25, 0.3) is 0 Å². The molecule has 1 aromatic heterocycles. The number of fused-ring (bicyclic) bond motifs is 1. The molecule has 1 aromatic carbocycles. The zero-order valence-electron chi connectivity index (χ0n) is 5.84. The van der Waals surface area contributed by atoms with E-state index >= 15 is 0 Å². The van der Waals surface area contributed by atoms with Gasteiger partial charge in [0.05, 0.1) is 13.9 Å². The van der Waals surface area contributed by atoms with Gasteiger partial charge in [0, 0.05) is 0 Å². The van der Waals surface area contributed by atoms with E-state index in [-0.39, 0.29) is 5.82 Å². The topological polar surface area (TPSA) is 0 Å². The predicted octanol–water partition coefficient (Wildman–Crippen LogP) is 3.98. The zero-order valence-corrected chi connectivity index (χ0v) is 8.31. The minimum Gasteiger partial charge on any atom is -0.207 e. The molecule has 2 rings (SSSR count). The molecule has 2 aromatic rings. The van der Waals surface area contributed by atoms with Crippen LogP contribution in [0.2, 0.25) is 5.02 Å². The molecule has 4 heteroatoms. The smallest absolute Gasteiger partial charge is 0.125 e. The van der Waals surface area contributed by atoms with Crippen molar-refractivity contribution in [3.05, 3.63) is 29.0 Å². The van der Waals surface area contributed by atoms with E-state index in [0.29, 0.717) is 5.02 Å². The summed E-state index contributed by atoms with van der Waals surface area (Å²) in [6.45, 7) is 0. The van der Waals surface area contributed by atoms with E-state index in [4.69, 9.17) is 11.6 Å². The number of hydrogen-bond acceptors (Lipinski definition) is 2. The Morgan fingerprint density at radius 1 is 1.33 bits per heavy atom. The Hall–Kier alpha value is -0.250. The molecular formula is C8H4ClFS2. The van der Waals surface area contributed by atoms with Crippen molar-refractivity contribution in [1.29, 1.82) is 0 Å². The molecule has 0 aliphatic carbocycles. The summed E-state index contributed by atoms with van der Waals surface area (Å²) in [6, 6.07) is 4.57. The van der Waals surface area contributed by atoms with Crippen LogP contribution in [0.1, 0.15) is 0 Å². The van der Waals surface area contributed by atoms with Crippen LogP contribution in [0.3, 0.4) is 0 Å². The Balaban J connectivity index is 2.88. The largest absolute Gasteiger partial charge is 0.207 e. The molecule has 0 amide bonds. The molecular weight excluding hydrogens is 215 g/mol. The maximum atomic E-state index is 12.8. The predicted molar refractivity (Wildman–Crippen MR) is 54.0 cm³/mol. The summed E-state index contributed by atoms with van der Waals surface area (Å²) in [4.78, 5) is 0. The highest BCUT2D eigenvalue weighted by molar-refractivity contribution is 7.83. The summed E-state index contributed by atoms with van der Waals surface area (Å²) in [5.74, 6) is -0.307. The van der Waals surface area contributed by atoms with E-state index < -0.39 is 0 Å². The summed E-state index contributed by atoms with van der Waals surface area (Å²) in [5, 5.41) is 1.27. The molecule has 12 heavy (non-hydrogen) atoms. The maximum Gasteiger partial charge on any atom is 0.125 e. The molecule has 0 spiro atoms. The zero-order chi connectivity index (χ0) is 8.72. The highest BCUT2D eigenvalue weighted by Gasteiger charge is 2.05. The molecule has 0 nitrogen and oxygen atoms in total. The number of rotatable bonds is 0. The van der Waals surface area contributed by atoms with Crippen LogP contribution in [0.5, 0.6) is 0 Å². The van der Waals surface area contributed by atoms with Gasteiger partial charge in [-0.15, -0.1) is 24.0 Å². The van der Waals surface area contributed by atoms with E-state index in [1.54, 1.807) is 6.07 Å². The monoisotopic (exact) mass is 218 g/mol. The fourth-order valence-electron chi connectivity index (χ4n) is 1.06. The molecule has 62 valence electrons. The van der Waals surface area contributed by atoms with Crippen molar-refractivity contribution in [3.63, 3.8) is 0 Å². The highest BCUT2D eigenvalue weighted by atomic mass is 35.5. The summed E-state index contributed by atoms with van der Waals surface area (Å²) in [7, 11) is 0. The van der Waals surface area contributed by atoms with E-state index in [1.807, 2.05) is 0 Å². The van der Waals surface area contributed by atoms with Gasteiger partial charge in [-0.25, -0.2) is 4.39 Å². The van der Waals surface area contributed by atoms with Crippen LogP contribution in [-0.2, 0) is 0 Å². The SMILES string of the molecule is Fc1cc(Cl)c2sc(S)cc2c1. The quantitative estimate of drug-likeness (QED) is 0.636. The molecule has 0 atom stereocenters. The van der Waals surface area contributed by atoms with Crippen LogP contribution in [0, 0.1) is 5.82 Å². The highest BCUT2D eigenvalue weighted by Crippen LogP contribution is 2.34. The molecule has 0 N–H and O–H groups in total. The minimum atomic E-state index is -0.307. The molecule has 0 fully saturated rings. The van der Waals surface area contributed by atoms with Gasteiger partial charge in [0.15, 0.2) is 0 Å². The molecule has 0 bridgehead atoms. The van der Waals surface area contributed by atoms with Crippen molar-refractivity contribution in [3.8, 4) is 0 Å². The summed E-state index contributed by atoms with van der Waals surface area (Å²) in [5.41, 5.74) is 0. The summed E-state index contributed by atoms with van der Waals surface area (Å²) < 4.78 is 14.5. The lowest BCUT2D eigenvalue weighted by atomic mass is 10.2. The van der Waals surface area contributed by atoms with Gasteiger partial charge in [-0.1, -0.05) is 11.6 Å². The lowest BCUT2D eigenvalue weighted by Crippen LogP contribution is -1.72. The second kappa shape index (κ2) is 2.91. The Labute approximate surface area is 83.4 Å². The molecule has 0 aliphatic rings. The van der Waals surface area contributed by atoms with Crippen molar-refractivity contribution in [1.82, 2.24) is 0 Å². The van der Waals surface area contributed by atoms with Crippen LogP contribution < -0.4 is 0 Å². The Morgan fingerprint density at radius 2 is 2.08 bits per heavy atom. The number of thiol groups is 1. The number of hydrogen-bond donors (Lipinski definition) is 1. The fourth-order valence-corrected chi connectivity index (χ4v) is 2.59. The van der Waals surface area contributed by atoms with Gasteiger partial charge in [0.2, 0.25) is 0 Å². The van der Waals surface area contributed by atoms with Gasteiger partial charge in [-0.2, -0.15) is 0 Å². The second-order valence-electron chi connectivity index (χ2n) is 2.39. The van der Waals surface area contributed by atoms with Crippen LogP contribution in [-0.4, -0.2) is 0 Å². The van der Waals surface area contributed by atoms with Crippen LogP contribution >= 0.6 is 35.6 Å². The molecule has 1 heterocycles. The van der Waals surface area contributed by atoms with Crippen molar-refractivity contribution < 1.29 is 4.39 Å². The third kappa shape index (κ3) is 1.32. The summed E-state index contributed by atoms with van der Waals surface area (Å²) >= 11 is 11.4. The Bertz CT molecular complexity index is 436. The lowest BCUT2D eigenvalue weighted by molar-refractivity contribution is 0.630. The number of thiophene rings is 1. The first-order valence-corrected chi connectivity index (χ1v) is 4.88. The third-order valence-electron chi connectivity index (χ3n) is 1.52. The Kier molecular flexibility index (Phi) is 2.02. The van der Waals surface area contributed by atoms with Gasteiger partial charge < -0.3 is 0 Å². The fraction of sp³-hybridized carbons (Fsp3) is 0. The standard InChI is InChI=1S/C8H4ClFS2/c9-6-3-5(10)1-4-2-7(11)12-8(4)6/h1-3,11H. The van der Waals surface area contributed by atoms with Gasteiger partial charge in [-0.3, -0.25) is 0 Å². The molecule has 0 unspecified atom stereocenters. The molecule has 0 saturated carbocycles. The lowest BCUT2D eigenvalue weighted by Gasteiger charge is -1.92. The average molecular weight is 219 g/mol. The average Bonchev–Trinajstić information content (AvgIpc) is 2.29. The van der Waals surface area contributed by atoms with E-state index in [2.05, 4.69) is 12.6 Å². The first-order chi connectivity index (χ1) is 5.66. The van der Waals surface area contributed by atoms with Crippen LogP contribution in [0.15, 0.2) is 22.4 Å². The molecule has 0 saturated heterocycles. The molecule has 0 radical (unpaired) electrons. The first kappa shape index (κ1) is 8.35. The first-order valence-electron chi connectivity index (χ1n) is 3.24. The normalized spacial score (nSPS) is 10.9. The minimum absolute atomic E-state index is 0.307. The van der Waals surface area contributed by atoms with E-state index in [0.717, 1.165) is 14.3 Å². The van der Waals surface area contributed by atoms with E-state index in [9.17, 15) is 4.39 Å². The van der Waals surface area contributed by atoms with Crippen LogP contribution in [0.4, 0.5) is 4.39 Å². The van der Waals surface area contributed by atoms with Gasteiger partial charge in [-0.05, 0) is 23.6 Å². The van der Waals surface area contributed by atoms with Crippen molar-refractivity contribution >= 4 is 45.7 Å². The maximum absolute atomic E-state index is 12.8. The second-order valence-corrected chi connectivity index (χ2v) is 4.63. The number of benzene rings is 1. The van der Waals surface area contributed by atoms with Crippen molar-refractivity contribution in [2.45, 2.75) is 4.21 Å². The number of halogens is 2. The molecule has 0 aliphatic heterocycles. The van der Waals surface area contributed by atoms with E-state index in [1.165, 1.54) is 23.5 Å².